The number of allylic oxidation sites excluding steroid dienone is 1. The molecule has 2 aromatic heterocycles. The molecule has 42 heavy (non-hydrogen) atoms. The van der Waals surface area contributed by atoms with Crippen molar-refractivity contribution in [2.45, 2.75) is 19.9 Å². The minimum Gasteiger partial charge on any atom is -0.493 e. The van der Waals surface area contributed by atoms with E-state index in [-0.39, 0.29) is 17.7 Å². The number of carboxylic acid groups (broad SMARTS) is 1. The number of nitrogens with zero attached hydrogens (tertiary/aromatic N) is 2. The number of esters is 1. The Hall–Kier alpha value is -4.42. The third-order valence-electron chi connectivity index (χ3n) is 6.64. The van der Waals surface area contributed by atoms with Crippen molar-refractivity contribution in [1.29, 1.82) is 0 Å². The van der Waals surface area contributed by atoms with Gasteiger partial charge in [-0.3, -0.25) is 9.36 Å². The van der Waals surface area contributed by atoms with Crippen molar-refractivity contribution in [3.8, 4) is 22.8 Å². The summed E-state index contributed by atoms with van der Waals surface area (Å²) in [6, 6.07) is 12.3. The average molecular weight is 654 g/mol. The monoisotopic (exact) mass is 652 g/mol. The molecule has 1 aliphatic rings. The van der Waals surface area contributed by atoms with Gasteiger partial charge in [0.05, 0.1) is 48.2 Å². The molecule has 12 heteroatoms. The van der Waals surface area contributed by atoms with E-state index in [0.29, 0.717) is 53.6 Å². The zero-order valence-electron chi connectivity index (χ0n) is 23.0. The van der Waals surface area contributed by atoms with E-state index in [1.165, 1.54) is 24.9 Å². The predicted octanol–water partition coefficient (Wildman–Crippen LogP) is 4.54. The molecule has 0 fully saturated rings. The van der Waals surface area contributed by atoms with Crippen LogP contribution in [0, 0.1) is 0 Å². The molecular weight excluding hydrogens is 628 g/mol. The van der Waals surface area contributed by atoms with Crippen molar-refractivity contribution in [2.24, 2.45) is 4.99 Å². The molecule has 2 aromatic carbocycles. The zero-order valence-corrected chi connectivity index (χ0v) is 25.4. The summed E-state index contributed by atoms with van der Waals surface area (Å²) in [4.78, 5) is 43.8. The van der Waals surface area contributed by atoms with E-state index in [1.807, 2.05) is 0 Å². The first-order valence-corrected chi connectivity index (χ1v) is 14.3. The highest BCUT2D eigenvalue weighted by molar-refractivity contribution is 9.10. The van der Waals surface area contributed by atoms with Gasteiger partial charge in [0.25, 0.3) is 5.56 Å². The molecule has 0 amide bonds. The summed E-state index contributed by atoms with van der Waals surface area (Å²) in [5.41, 5.74) is 1.32. The normalized spacial score (nSPS) is 14.8. The Bertz CT molecular complexity index is 1930. The number of carbonyl (C=O) groups excluding carboxylic acids is 1. The van der Waals surface area contributed by atoms with Crippen LogP contribution >= 0.6 is 27.3 Å². The number of carboxylic acids is 1. The Morgan fingerprint density at radius 3 is 2.55 bits per heavy atom. The third-order valence-corrected chi connectivity index (χ3v) is 8.31. The Morgan fingerprint density at radius 1 is 1.14 bits per heavy atom. The molecule has 3 heterocycles. The quantitative estimate of drug-likeness (QED) is 0.275. The minimum absolute atomic E-state index is 0.0974. The minimum atomic E-state index is -1.08. The maximum Gasteiger partial charge on any atom is 0.338 e. The highest BCUT2D eigenvalue weighted by Gasteiger charge is 2.35. The number of thiazole rings is 1. The SMILES string of the molecule is CCOC(=O)C1=C(C)N=c2s/c(=C\c3ccc(-c4ccccc4C(=O)O)o3)c(=O)n2[C@H]1c1cc(OC)c(OC)cc1Br. The van der Waals surface area contributed by atoms with Gasteiger partial charge in [-0.05, 0) is 49.7 Å². The van der Waals surface area contributed by atoms with Crippen molar-refractivity contribution in [2.75, 3.05) is 20.8 Å². The lowest BCUT2D eigenvalue weighted by Gasteiger charge is -2.26. The lowest BCUT2D eigenvalue weighted by Crippen LogP contribution is -2.40. The van der Waals surface area contributed by atoms with E-state index < -0.39 is 23.5 Å². The van der Waals surface area contributed by atoms with Gasteiger partial charge in [0.1, 0.15) is 11.5 Å². The van der Waals surface area contributed by atoms with Gasteiger partial charge in [0, 0.05) is 16.1 Å². The molecule has 1 N–H and O–H groups in total. The van der Waals surface area contributed by atoms with Gasteiger partial charge in [0.15, 0.2) is 16.3 Å². The maximum absolute atomic E-state index is 14.0. The number of aromatic carboxylic acids is 1. The van der Waals surface area contributed by atoms with Gasteiger partial charge < -0.3 is 23.7 Å². The van der Waals surface area contributed by atoms with Gasteiger partial charge in [-0.15, -0.1) is 0 Å². The summed E-state index contributed by atoms with van der Waals surface area (Å²) < 4.78 is 24.6. The molecule has 1 aliphatic heterocycles. The van der Waals surface area contributed by atoms with Crippen LogP contribution in [0.4, 0.5) is 0 Å². The van der Waals surface area contributed by atoms with Crippen LogP contribution in [-0.2, 0) is 9.53 Å². The van der Waals surface area contributed by atoms with E-state index in [0.717, 1.165) is 11.3 Å². The fraction of sp³-hybridized carbons (Fsp3) is 0.200. The number of hydrogen-bond acceptors (Lipinski definition) is 9. The molecule has 0 spiro atoms. The van der Waals surface area contributed by atoms with Crippen LogP contribution in [0.15, 0.2) is 78.5 Å². The topological polar surface area (TPSA) is 130 Å². The fourth-order valence-electron chi connectivity index (χ4n) is 4.75. The molecule has 216 valence electrons. The Labute approximate surface area is 251 Å². The summed E-state index contributed by atoms with van der Waals surface area (Å²) in [6.07, 6.45) is 1.57. The van der Waals surface area contributed by atoms with Crippen LogP contribution < -0.4 is 24.4 Å². The van der Waals surface area contributed by atoms with Crippen LogP contribution in [0.5, 0.6) is 11.5 Å². The number of rotatable bonds is 8. The lowest BCUT2D eigenvalue weighted by atomic mass is 9.95. The molecule has 0 unspecified atom stereocenters. The van der Waals surface area contributed by atoms with Crippen molar-refractivity contribution in [3.05, 3.63) is 101 Å². The van der Waals surface area contributed by atoms with Crippen LogP contribution in [0.1, 0.15) is 41.6 Å². The van der Waals surface area contributed by atoms with Crippen LogP contribution in [0.25, 0.3) is 17.4 Å². The number of methoxy groups -OCH3 is 2. The number of carbonyl (C=O) groups is 2. The van der Waals surface area contributed by atoms with Crippen molar-refractivity contribution >= 4 is 45.3 Å². The number of furan rings is 1. The second-order valence-corrected chi connectivity index (χ2v) is 10.9. The molecule has 4 aromatic rings. The van der Waals surface area contributed by atoms with E-state index >= 15 is 0 Å². The van der Waals surface area contributed by atoms with E-state index in [9.17, 15) is 19.5 Å². The number of halogens is 1. The Balaban J connectivity index is 1.69. The largest absolute Gasteiger partial charge is 0.493 e. The molecular formula is C30H25BrN2O8S. The Kier molecular flexibility index (Phi) is 8.19. The third kappa shape index (κ3) is 5.19. The fourth-order valence-corrected chi connectivity index (χ4v) is 6.32. The van der Waals surface area contributed by atoms with Gasteiger partial charge in [0.2, 0.25) is 0 Å². The number of ether oxygens (including phenoxy) is 3. The average Bonchev–Trinajstić information content (AvgIpc) is 3.56. The van der Waals surface area contributed by atoms with Gasteiger partial charge in [-0.1, -0.05) is 45.5 Å². The van der Waals surface area contributed by atoms with E-state index in [4.69, 9.17) is 18.6 Å². The van der Waals surface area contributed by atoms with Crippen molar-refractivity contribution in [1.82, 2.24) is 4.57 Å². The Morgan fingerprint density at radius 2 is 1.86 bits per heavy atom. The summed E-state index contributed by atoms with van der Waals surface area (Å²) in [5, 5.41) is 9.56. The number of hydrogen-bond donors (Lipinski definition) is 1. The first-order chi connectivity index (χ1) is 20.2. The van der Waals surface area contributed by atoms with Gasteiger partial charge in [-0.25, -0.2) is 14.6 Å². The molecule has 5 rings (SSSR count). The number of fused-ring (bicyclic) bond motifs is 1. The molecule has 1 atom stereocenters. The summed E-state index contributed by atoms with van der Waals surface area (Å²) in [6.45, 7) is 3.55. The molecule has 0 aliphatic carbocycles. The molecule has 0 radical (unpaired) electrons. The second-order valence-electron chi connectivity index (χ2n) is 9.08. The van der Waals surface area contributed by atoms with Crippen LogP contribution in [-0.4, -0.2) is 42.4 Å². The van der Waals surface area contributed by atoms with Crippen molar-refractivity contribution < 1.29 is 33.3 Å². The highest BCUT2D eigenvalue weighted by atomic mass is 79.9. The molecule has 10 nitrogen and oxygen atoms in total. The number of benzene rings is 2. The smallest absolute Gasteiger partial charge is 0.338 e. The zero-order chi connectivity index (χ0) is 30.1. The first-order valence-electron chi connectivity index (χ1n) is 12.7. The lowest BCUT2D eigenvalue weighted by molar-refractivity contribution is -0.139. The highest BCUT2D eigenvalue weighted by Crippen LogP contribution is 2.40. The second kappa shape index (κ2) is 11.8. The predicted molar refractivity (Wildman–Crippen MR) is 159 cm³/mol. The van der Waals surface area contributed by atoms with Crippen LogP contribution in [0.3, 0.4) is 0 Å². The standard InChI is InChI=1S/C30H25BrN2O8S/c1-5-40-29(37)25-15(2)32-30-33(26(25)19-13-22(38-3)23(39-4)14-20(19)31)27(34)24(42-30)12-16-10-11-21(41-16)17-8-6-7-9-18(17)28(35)36/h6-14,26H,5H2,1-4H3,(H,35,36)/b24-12-/t26-/m0/s1. The first kappa shape index (κ1) is 29.1. The summed E-state index contributed by atoms with van der Waals surface area (Å²) in [7, 11) is 3.02. The van der Waals surface area contributed by atoms with Crippen molar-refractivity contribution in [3.63, 3.8) is 0 Å². The maximum atomic E-state index is 14.0. The van der Waals surface area contributed by atoms with Gasteiger partial charge >= 0.3 is 11.9 Å². The summed E-state index contributed by atoms with van der Waals surface area (Å²) >= 11 is 4.72. The molecule has 0 bridgehead atoms. The number of aromatic nitrogens is 1. The van der Waals surface area contributed by atoms with E-state index in [2.05, 4.69) is 20.9 Å². The summed E-state index contributed by atoms with van der Waals surface area (Å²) in [5.74, 6) is -0.0869. The van der Waals surface area contributed by atoms with Crippen LogP contribution in [0.2, 0.25) is 0 Å². The van der Waals surface area contributed by atoms with Gasteiger partial charge in [-0.2, -0.15) is 0 Å². The molecule has 0 saturated carbocycles. The van der Waals surface area contributed by atoms with E-state index in [1.54, 1.807) is 62.4 Å². The molecule has 0 saturated heterocycles.